The van der Waals surface area contributed by atoms with Crippen LogP contribution in [0, 0.1) is 6.92 Å². The van der Waals surface area contributed by atoms with Crippen LogP contribution in [0.15, 0.2) is 71.6 Å². The molecular formula is C28H24N2O7S. The number of hydrogen-bond acceptors (Lipinski definition) is 7. The first-order chi connectivity index (χ1) is 18.2. The van der Waals surface area contributed by atoms with Gasteiger partial charge in [-0.3, -0.25) is 19.3 Å². The van der Waals surface area contributed by atoms with Crippen LogP contribution >= 0.6 is 11.8 Å². The summed E-state index contributed by atoms with van der Waals surface area (Å²) >= 11 is 0.754. The maximum absolute atomic E-state index is 12.8. The van der Waals surface area contributed by atoms with E-state index in [1.807, 2.05) is 19.1 Å². The molecule has 1 saturated heterocycles. The first-order valence-electron chi connectivity index (χ1n) is 11.5. The largest absolute Gasteiger partial charge is 0.493 e. The maximum atomic E-state index is 12.8. The molecule has 3 aromatic carbocycles. The highest BCUT2D eigenvalue weighted by atomic mass is 32.2. The van der Waals surface area contributed by atoms with Crippen LogP contribution in [-0.4, -0.2) is 46.7 Å². The highest BCUT2D eigenvalue weighted by molar-refractivity contribution is 8.18. The van der Waals surface area contributed by atoms with Crippen molar-refractivity contribution in [2.45, 2.75) is 13.5 Å². The number of carbonyl (C=O) groups is 4. The molecule has 0 saturated carbocycles. The third-order valence-corrected chi connectivity index (χ3v) is 6.47. The molecule has 4 rings (SSSR count). The molecule has 0 bridgehead atoms. The predicted molar refractivity (Wildman–Crippen MR) is 143 cm³/mol. The van der Waals surface area contributed by atoms with Crippen LogP contribution in [0.4, 0.5) is 10.5 Å². The quantitative estimate of drug-likeness (QED) is 0.371. The summed E-state index contributed by atoms with van der Waals surface area (Å²) in [6, 6.07) is 18.6. The number of anilines is 1. The second kappa shape index (κ2) is 11.7. The number of rotatable bonds is 9. The van der Waals surface area contributed by atoms with Crippen molar-refractivity contribution in [2.75, 3.05) is 19.0 Å². The number of hydrogen-bond donors (Lipinski definition) is 2. The van der Waals surface area contributed by atoms with E-state index >= 15 is 0 Å². The molecule has 0 aliphatic carbocycles. The normalized spacial score (nSPS) is 14.1. The minimum Gasteiger partial charge on any atom is -0.493 e. The van der Waals surface area contributed by atoms with E-state index < -0.39 is 29.6 Å². The second-order valence-electron chi connectivity index (χ2n) is 8.39. The summed E-state index contributed by atoms with van der Waals surface area (Å²) in [5, 5.41) is 11.3. The van der Waals surface area contributed by atoms with Crippen LogP contribution in [0.25, 0.3) is 6.08 Å². The lowest BCUT2D eigenvalue weighted by atomic mass is 10.1. The van der Waals surface area contributed by atoms with Crippen molar-refractivity contribution >= 4 is 46.5 Å². The molecule has 1 aliphatic heterocycles. The van der Waals surface area contributed by atoms with Crippen molar-refractivity contribution in [3.05, 3.63) is 93.9 Å². The molecule has 0 atom stereocenters. The Kier molecular flexibility index (Phi) is 8.12. The maximum Gasteiger partial charge on any atom is 0.335 e. The van der Waals surface area contributed by atoms with Crippen LogP contribution in [-0.2, 0) is 16.2 Å². The second-order valence-corrected chi connectivity index (χ2v) is 9.38. The van der Waals surface area contributed by atoms with Crippen LogP contribution < -0.4 is 14.8 Å². The van der Waals surface area contributed by atoms with Gasteiger partial charge < -0.3 is 19.9 Å². The van der Waals surface area contributed by atoms with E-state index in [9.17, 15) is 19.2 Å². The number of benzene rings is 3. The van der Waals surface area contributed by atoms with E-state index in [0.29, 0.717) is 28.3 Å². The van der Waals surface area contributed by atoms with Crippen LogP contribution in [0.2, 0.25) is 0 Å². The minimum absolute atomic E-state index is 0.125. The molecule has 10 heteroatoms. The summed E-state index contributed by atoms with van der Waals surface area (Å²) < 4.78 is 11.2. The Hall–Kier alpha value is -4.57. The Morgan fingerprint density at radius 3 is 2.50 bits per heavy atom. The molecule has 0 radical (unpaired) electrons. The minimum atomic E-state index is -1.02. The molecule has 1 aliphatic rings. The Bertz CT molecular complexity index is 1430. The number of nitrogens with one attached hydrogen (secondary N) is 1. The summed E-state index contributed by atoms with van der Waals surface area (Å²) in [6.45, 7) is 1.66. The highest BCUT2D eigenvalue weighted by Crippen LogP contribution is 2.34. The molecule has 9 nitrogen and oxygen atoms in total. The first-order valence-corrected chi connectivity index (χ1v) is 12.3. The van der Waals surface area contributed by atoms with Gasteiger partial charge in [0.05, 0.1) is 17.6 Å². The van der Waals surface area contributed by atoms with Gasteiger partial charge in [0.15, 0.2) is 11.5 Å². The number of carboxylic acids is 1. The molecule has 0 spiro atoms. The topological polar surface area (TPSA) is 122 Å². The van der Waals surface area contributed by atoms with Gasteiger partial charge in [-0.25, -0.2) is 4.79 Å². The van der Waals surface area contributed by atoms with Gasteiger partial charge in [-0.2, -0.15) is 0 Å². The molecule has 3 amide bonds. The number of nitrogens with zero attached hydrogens (tertiary/aromatic N) is 1. The van der Waals surface area contributed by atoms with E-state index in [-0.39, 0.29) is 17.1 Å². The summed E-state index contributed by atoms with van der Waals surface area (Å²) in [6.07, 6.45) is 1.55. The van der Waals surface area contributed by atoms with Gasteiger partial charge in [-0.15, -0.1) is 0 Å². The van der Waals surface area contributed by atoms with Crippen LogP contribution in [0.1, 0.15) is 27.0 Å². The lowest BCUT2D eigenvalue weighted by molar-refractivity contribution is -0.127. The van der Waals surface area contributed by atoms with E-state index in [2.05, 4.69) is 5.32 Å². The van der Waals surface area contributed by atoms with E-state index in [4.69, 9.17) is 14.6 Å². The van der Waals surface area contributed by atoms with Gasteiger partial charge in [0.1, 0.15) is 13.2 Å². The number of aromatic carboxylic acids is 1. The molecule has 3 aromatic rings. The van der Waals surface area contributed by atoms with Gasteiger partial charge in [-0.1, -0.05) is 35.9 Å². The van der Waals surface area contributed by atoms with E-state index in [0.717, 1.165) is 22.2 Å². The number of carbonyl (C=O) groups excluding carboxylic acids is 3. The summed E-state index contributed by atoms with van der Waals surface area (Å²) in [5.74, 6) is -1.24. The summed E-state index contributed by atoms with van der Waals surface area (Å²) in [7, 11) is 1.47. The monoisotopic (exact) mass is 532 g/mol. The zero-order valence-corrected chi connectivity index (χ0v) is 21.4. The highest BCUT2D eigenvalue weighted by Gasteiger charge is 2.36. The first kappa shape index (κ1) is 26.5. The lowest BCUT2D eigenvalue weighted by Gasteiger charge is -2.13. The molecule has 0 unspecified atom stereocenters. The molecule has 194 valence electrons. The van der Waals surface area contributed by atoms with Crippen molar-refractivity contribution in [3.63, 3.8) is 0 Å². The smallest absolute Gasteiger partial charge is 0.335 e. The Morgan fingerprint density at radius 1 is 1.03 bits per heavy atom. The lowest BCUT2D eigenvalue weighted by Crippen LogP contribution is -2.36. The zero-order chi connectivity index (χ0) is 27.2. The van der Waals surface area contributed by atoms with Gasteiger partial charge in [-0.05, 0) is 72.3 Å². The number of ether oxygens (including phenoxy) is 2. The van der Waals surface area contributed by atoms with Crippen LogP contribution in [0.5, 0.6) is 11.5 Å². The molecule has 1 fully saturated rings. The van der Waals surface area contributed by atoms with E-state index in [1.54, 1.807) is 48.5 Å². The number of amides is 3. The van der Waals surface area contributed by atoms with Crippen molar-refractivity contribution in [3.8, 4) is 11.5 Å². The fourth-order valence-corrected chi connectivity index (χ4v) is 4.46. The van der Waals surface area contributed by atoms with Crippen LogP contribution in [0.3, 0.4) is 0 Å². The molecule has 2 N–H and O–H groups in total. The SMILES string of the molecule is COc1cc(C=C2SC(=O)N(CC(=O)Nc3ccc(C)cc3)C2=O)ccc1OCc1cccc(C(=O)O)c1. The third-order valence-electron chi connectivity index (χ3n) is 5.56. The molecular weight excluding hydrogens is 508 g/mol. The molecule has 38 heavy (non-hydrogen) atoms. The Balaban J connectivity index is 1.42. The Labute approximate surface area is 223 Å². The number of methoxy groups -OCH3 is 1. The van der Waals surface area contributed by atoms with Gasteiger partial charge in [0.25, 0.3) is 11.1 Å². The number of aryl methyl sites for hydroxylation is 1. The summed E-state index contributed by atoms with van der Waals surface area (Å²) in [4.78, 5) is 50.0. The van der Waals surface area contributed by atoms with Crippen molar-refractivity contribution in [1.29, 1.82) is 0 Å². The number of thioether (sulfide) groups is 1. The third kappa shape index (κ3) is 6.40. The number of imide groups is 1. The molecule has 1 heterocycles. The average molecular weight is 533 g/mol. The fraction of sp³-hybridized carbons (Fsp3) is 0.143. The van der Waals surface area contributed by atoms with Crippen molar-refractivity contribution in [1.82, 2.24) is 4.90 Å². The standard InChI is InChI=1S/C28H24N2O7S/c1-17-6-9-21(10-7-17)29-25(31)15-30-26(32)24(38-28(30)35)14-18-8-11-22(23(13-18)36-2)37-16-19-4-3-5-20(12-19)27(33)34/h3-14H,15-16H2,1-2H3,(H,29,31)(H,33,34). The zero-order valence-electron chi connectivity index (χ0n) is 20.6. The van der Waals surface area contributed by atoms with Crippen molar-refractivity contribution in [2.24, 2.45) is 0 Å². The Morgan fingerprint density at radius 2 is 1.79 bits per heavy atom. The summed E-state index contributed by atoms with van der Waals surface area (Å²) in [5.41, 5.74) is 3.05. The van der Waals surface area contributed by atoms with Gasteiger partial charge >= 0.3 is 5.97 Å². The van der Waals surface area contributed by atoms with E-state index in [1.165, 1.54) is 19.2 Å². The van der Waals surface area contributed by atoms with Gasteiger partial charge in [0.2, 0.25) is 5.91 Å². The average Bonchev–Trinajstić information content (AvgIpc) is 3.16. The number of carboxylic acid groups (broad SMARTS) is 1. The van der Waals surface area contributed by atoms with Gasteiger partial charge in [0, 0.05) is 5.69 Å². The molecule has 0 aromatic heterocycles. The predicted octanol–water partition coefficient (Wildman–Crippen LogP) is 4.96. The van der Waals surface area contributed by atoms with Crippen molar-refractivity contribution < 1.29 is 33.8 Å². The fourth-order valence-electron chi connectivity index (χ4n) is 3.62.